The zero-order chi connectivity index (χ0) is 18.8. The van der Waals surface area contributed by atoms with Crippen molar-refractivity contribution in [3.05, 3.63) is 65.7 Å². The first kappa shape index (κ1) is 19.5. The lowest BCUT2D eigenvalue weighted by molar-refractivity contribution is -0.118. The lowest BCUT2D eigenvalue weighted by Gasteiger charge is -2.13. The van der Waals surface area contributed by atoms with Crippen LogP contribution in [0.15, 0.2) is 59.6 Å². The third kappa shape index (κ3) is 6.59. The Balaban J connectivity index is 1.76. The van der Waals surface area contributed by atoms with Gasteiger partial charge in [-0.05, 0) is 29.7 Å². The topological polar surface area (TPSA) is 65.5 Å². The molecule has 138 valence electrons. The summed E-state index contributed by atoms with van der Waals surface area (Å²) in [4.78, 5) is 16.0. The number of nitrogens with zero attached hydrogens (tertiary/aromatic N) is 1. The van der Waals surface area contributed by atoms with Crippen molar-refractivity contribution < 1.29 is 4.79 Å². The lowest BCUT2D eigenvalue weighted by Crippen LogP contribution is -2.37. The fourth-order valence-electron chi connectivity index (χ4n) is 2.37. The second kappa shape index (κ2) is 10.2. The third-order valence-corrected chi connectivity index (χ3v) is 3.98. The number of aliphatic imine (C=N–C) groups is 1. The van der Waals surface area contributed by atoms with Crippen molar-refractivity contribution in [2.75, 3.05) is 18.9 Å². The highest BCUT2D eigenvalue weighted by molar-refractivity contribution is 5.92. The van der Waals surface area contributed by atoms with Gasteiger partial charge in [0.05, 0.1) is 0 Å². The van der Waals surface area contributed by atoms with Crippen LogP contribution in [-0.2, 0) is 17.8 Å². The molecule has 0 fully saturated rings. The Morgan fingerprint density at radius 2 is 1.65 bits per heavy atom. The van der Waals surface area contributed by atoms with E-state index in [0.29, 0.717) is 6.54 Å². The molecule has 0 atom stereocenters. The minimum Gasteiger partial charge on any atom is -0.356 e. The van der Waals surface area contributed by atoms with Crippen LogP contribution in [0.25, 0.3) is 0 Å². The van der Waals surface area contributed by atoms with E-state index in [1.807, 2.05) is 44.2 Å². The Morgan fingerprint density at radius 1 is 0.962 bits per heavy atom. The van der Waals surface area contributed by atoms with Crippen LogP contribution in [0.4, 0.5) is 5.69 Å². The summed E-state index contributed by atoms with van der Waals surface area (Å²) in [6.45, 7) is 5.25. The van der Waals surface area contributed by atoms with Crippen LogP contribution in [0.5, 0.6) is 0 Å². The molecule has 0 unspecified atom stereocenters. The van der Waals surface area contributed by atoms with E-state index in [9.17, 15) is 4.79 Å². The van der Waals surface area contributed by atoms with Gasteiger partial charge in [0.25, 0.3) is 0 Å². The van der Waals surface area contributed by atoms with Crippen molar-refractivity contribution >= 4 is 17.6 Å². The first-order valence-corrected chi connectivity index (χ1v) is 8.96. The fourth-order valence-corrected chi connectivity index (χ4v) is 2.37. The minimum atomic E-state index is -0.0263. The molecule has 1 amide bonds. The molecular weight excluding hydrogens is 324 g/mol. The maximum absolute atomic E-state index is 11.7. The summed E-state index contributed by atoms with van der Waals surface area (Å²) in [6, 6.07) is 18.2. The highest BCUT2D eigenvalue weighted by Gasteiger charge is 2.06. The van der Waals surface area contributed by atoms with Gasteiger partial charge in [-0.15, -0.1) is 0 Å². The van der Waals surface area contributed by atoms with Gasteiger partial charge in [0, 0.05) is 31.7 Å². The zero-order valence-corrected chi connectivity index (χ0v) is 15.8. The molecule has 2 aromatic carbocycles. The maximum atomic E-state index is 11.7. The molecule has 2 rings (SSSR count). The zero-order valence-electron chi connectivity index (χ0n) is 15.8. The van der Waals surface area contributed by atoms with Crippen molar-refractivity contribution in [2.24, 2.45) is 10.9 Å². The molecule has 2 aromatic rings. The molecule has 0 radical (unpaired) electrons. The normalized spacial score (nSPS) is 11.3. The highest BCUT2D eigenvalue weighted by Crippen LogP contribution is 2.11. The van der Waals surface area contributed by atoms with Gasteiger partial charge in [0.2, 0.25) is 5.91 Å². The van der Waals surface area contributed by atoms with Crippen LogP contribution in [0.2, 0.25) is 0 Å². The molecule has 5 heteroatoms. The summed E-state index contributed by atoms with van der Waals surface area (Å²) in [5.41, 5.74) is 3.24. The van der Waals surface area contributed by atoms with Crippen LogP contribution in [-0.4, -0.2) is 25.5 Å². The largest absolute Gasteiger partial charge is 0.356 e. The Labute approximate surface area is 155 Å². The predicted molar refractivity (Wildman–Crippen MR) is 108 cm³/mol. The molecule has 0 saturated heterocycles. The Morgan fingerprint density at radius 3 is 2.27 bits per heavy atom. The number of guanidine groups is 1. The van der Waals surface area contributed by atoms with Crippen molar-refractivity contribution in [1.82, 2.24) is 10.6 Å². The first-order valence-electron chi connectivity index (χ1n) is 8.96. The first-order chi connectivity index (χ1) is 12.6. The van der Waals surface area contributed by atoms with Gasteiger partial charge in [-0.2, -0.15) is 0 Å². The number of rotatable bonds is 7. The number of carbonyl (C=O) groups excluding carboxylic acids is 1. The van der Waals surface area contributed by atoms with Crippen molar-refractivity contribution in [1.29, 1.82) is 0 Å². The van der Waals surface area contributed by atoms with Crippen molar-refractivity contribution in [3.63, 3.8) is 0 Å². The number of hydrogen-bond donors (Lipinski definition) is 3. The standard InChI is InChI=1S/C21H28N4O/c1-16(2)20(26)25-19-11-9-18(10-12-19)15-24-21(22-3)23-14-13-17-7-5-4-6-8-17/h4-12,16H,13-15H2,1-3H3,(H,25,26)(H2,22,23,24). The Hall–Kier alpha value is -2.82. The summed E-state index contributed by atoms with van der Waals surface area (Å²) in [5, 5.41) is 9.51. The average molecular weight is 352 g/mol. The number of anilines is 1. The van der Waals surface area contributed by atoms with Crippen LogP contribution >= 0.6 is 0 Å². The van der Waals surface area contributed by atoms with Gasteiger partial charge in [-0.3, -0.25) is 9.79 Å². The molecule has 0 aliphatic carbocycles. The van der Waals surface area contributed by atoms with Gasteiger partial charge in [0.1, 0.15) is 0 Å². The molecule has 0 bridgehead atoms. The lowest BCUT2D eigenvalue weighted by atomic mass is 10.1. The summed E-state index contributed by atoms with van der Waals surface area (Å²) < 4.78 is 0. The van der Waals surface area contributed by atoms with Gasteiger partial charge < -0.3 is 16.0 Å². The number of hydrogen-bond acceptors (Lipinski definition) is 2. The summed E-state index contributed by atoms with van der Waals surface area (Å²) in [7, 11) is 1.77. The van der Waals surface area contributed by atoms with E-state index in [4.69, 9.17) is 0 Å². The van der Waals surface area contributed by atoms with Gasteiger partial charge in [-0.1, -0.05) is 56.3 Å². The predicted octanol–water partition coefficient (Wildman–Crippen LogP) is 3.19. The van der Waals surface area contributed by atoms with Gasteiger partial charge in [0.15, 0.2) is 5.96 Å². The molecule has 0 aromatic heterocycles. The van der Waals surface area contributed by atoms with E-state index >= 15 is 0 Å². The van der Waals surface area contributed by atoms with E-state index < -0.39 is 0 Å². The Kier molecular flexibility index (Phi) is 7.68. The van der Waals surface area contributed by atoms with Crippen molar-refractivity contribution in [2.45, 2.75) is 26.8 Å². The molecule has 5 nitrogen and oxygen atoms in total. The highest BCUT2D eigenvalue weighted by atomic mass is 16.1. The second-order valence-corrected chi connectivity index (χ2v) is 6.43. The fraction of sp³-hybridized carbons (Fsp3) is 0.333. The molecule has 0 saturated carbocycles. The van der Waals surface area contributed by atoms with Crippen LogP contribution in [0, 0.1) is 5.92 Å². The molecule has 0 spiro atoms. The van der Waals surface area contributed by atoms with E-state index in [0.717, 1.165) is 30.2 Å². The van der Waals surface area contributed by atoms with Crippen LogP contribution in [0.1, 0.15) is 25.0 Å². The maximum Gasteiger partial charge on any atom is 0.226 e. The van der Waals surface area contributed by atoms with E-state index in [-0.39, 0.29) is 11.8 Å². The van der Waals surface area contributed by atoms with E-state index in [1.165, 1.54) is 5.56 Å². The van der Waals surface area contributed by atoms with Crippen LogP contribution in [0.3, 0.4) is 0 Å². The van der Waals surface area contributed by atoms with E-state index in [2.05, 4.69) is 45.2 Å². The number of amides is 1. The summed E-state index contributed by atoms with van der Waals surface area (Å²) in [5.74, 6) is 0.777. The second-order valence-electron chi connectivity index (χ2n) is 6.43. The van der Waals surface area contributed by atoms with E-state index in [1.54, 1.807) is 7.05 Å². The SMILES string of the molecule is CN=C(NCCc1ccccc1)NCc1ccc(NC(=O)C(C)C)cc1. The Bertz CT molecular complexity index is 709. The quantitative estimate of drug-likeness (QED) is 0.530. The molecular formula is C21H28N4O. The third-order valence-electron chi connectivity index (χ3n) is 3.98. The molecule has 0 aliphatic rings. The number of nitrogens with one attached hydrogen (secondary N) is 3. The number of carbonyl (C=O) groups is 1. The summed E-state index contributed by atoms with van der Waals surface area (Å²) >= 11 is 0. The average Bonchev–Trinajstić information content (AvgIpc) is 2.66. The van der Waals surface area contributed by atoms with Crippen LogP contribution < -0.4 is 16.0 Å². The molecule has 0 aliphatic heterocycles. The molecule has 0 heterocycles. The van der Waals surface area contributed by atoms with Gasteiger partial charge >= 0.3 is 0 Å². The smallest absolute Gasteiger partial charge is 0.226 e. The summed E-state index contributed by atoms with van der Waals surface area (Å²) in [6.07, 6.45) is 0.950. The van der Waals surface area contributed by atoms with Crippen molar-refractivity contribution in [3.8, 4) is 0 Å². The monoisotopic (exact) mass is 352 g/mol. The van der Waals surface area contributed by atoms with Gasteiger partial charge in [-0.25, -0.2) is 0 Å². The number of benzene rings is 2. The molecule has 3 N–H and O–H groups in total. The minimum absolute atomic E-state index is 0.0263. The molecule has 26 heavy (non-hydrogen) atoms.